The second kappa shape index (κ2) is 73.5. The Balaban J connectivity index is 3.36. The van der Waals surface area contributed by atoms with Gasteiger partial charge >= 0.3 is 5.97 Å². The van der Waals surface area contributed by atoms with Crippen LogP contribution in [0.5, 0.6) is 0 Å². The van der Waals surface area contributed by atoms with Gasteiger partial charge in [0.2, 0.25) is 5.91 Å². The first-order valence-electron chi connectivity index (χ1n) is 38.2. The van der Waals surface area contributed by atoms with Gasteiger partial charge in [-0.05, 0) is 83.5 Å². The highest BCUT2D eigenvalue weighted by Crippen LogP contribution is 2.19. The largest absolute Gasteiger partial charge is 0.466 e. The molecule has 84 heavy (non-hydrogen) atoms. The quantitative estimate of drug-likeness (QED) is 0.0320. The Morgan fingerprint density at radius 3 is 0.917 bits per heavy atom. The third kappa shape index (κ3) is 69.2. The molecule has 496 valence electrons. The Morgan fingerprint density at radius 2 is 0.595 bits per heavy atom. The number of hydrogen-bond donors (Lipinski definition) is 3. The highest BCUT2D eigenvalue weighted by Gasteiger charge is 2.20. The summed E-state index contributed by atoms with van der Waals surface area (Å²) >= 11 is 0. The number of nitrogens with one attached hydrogen (secondary N) is 1. The summed E-state index contributed by atoms with van der Waals surface area (Å²) in [5.74, 6) is -0.0156. The van der Waals surface area contributed by atoms with Crippen molar-refractivity contribution >= 4 is 11.9 Å². The van der Waals surface area contributed by atoms with Crippen LogP contribution in [0.25, 0.3) is 0 Å². The average Bonchev–Trinajstić information content (AvgIpc) is 3.53. The van der Waals surface area contributed by atoms with Gasteiger partial charge in [0.15, 0.2) is 0 Å². The predicted molar refractivity (Wildman–Crippen MR) is 370 cm³/mol. The van der Waals surface area contributed by atoms with Crippen molar-refractivity contribution in [3.8, 4) is 0 Å². The minimum atomic E-state index is -0.663. The number of aliphatic hydroxyl groups is 2. The minimum Gasteiger partial charge on any atom is -0.466 e. The molecule has 6 heteroatoms. The van der Waals surface area contributed by atoms with Crippen LogP contribution in [0.2, 0.25) is 0 Å². The molecule has 0 aliphatic heterocycles. The summed E-state index contributed by atoms with van der Waals surface area (Å²) in [7, 11) is 0. The summed E-state index contributed by atoms with van der Waals surface area (Å²) < 4.78 is 5.50. The molecule has 0 aromatic rings. The fourth-order valence-corrected chi connectivity index (χ4v) is 12.1. The van der Waals surface area contributed by atoms with Crippen LogP contribution < -0.4 is 5.32 Å². The van der Waals surface area contributed by atoms with E-state index in [9.17, 15) is 19.8 Å². The Kier molecular flexibility index (Phi) is 71.9. The molecule has 0 saturated heterocycles. The van der Waals surface area contributed by atoms with E-state index in [2.05, 4.69) is 55.6 Å². The average molecular weight is 1180 g/mol. The summed E-state index contributed by atoms with van der Waals surface area (Å²) in [5, 5.41) is 23.3. The SMILES string of the molecule is CCCCCCCC/C=C\CCCCCCCCCC(=O)OCCCCCCCCCCCCC/C=C\C/C=C\CCCCCCCCCCCCCCCCCCCC(=O)NC(CO)C(O)CCCCCCCCCCCCCCCCC. The predicted octanol–water partition coefficient (Wildman–Crippen LogP) is 25.0. The van der Waals surface area contributed by atoms with Crippen LogP contribution in [0.1, 0.15) is 425 Å². The van der Waals surface area contributed by atoms with E-state index in [0.29, 0.717) is 25.9 Å². The smallest absolute Gasteiger partial charge is 0.305 e. The van der Waals surface area contributed by atoms with Gasteiger partial charge in [0.05, 0.1) is 25.4 Å². The number of ether oxygens (including phenoxy) is 1. The number of aliphatic hydroxyl groups excluding tert-OH is 2. The molecule has 0 saturated carbocycles. The summed E-state index contributed by atoms with van der Waals surface area (Å²) in [6, 6.07) is -0.540. The lowest BCUT2D eigenvalue weighted by atomic mass is 10.0. The number of rotatable bonds is 72. The summed E-state index contributed by atoms with van der Waals surface area (Å²) in [6.07, 6.45) is 95.1. The van der Waals surface area contributed by atoms with E-state index in [1.807, 2.05) is 0 Å². The number of amides is 1. The van der Waals surface area contributed by atoms with Crippen molar-refractivity contribution in [1.82, 2.24) is 5.32 Å². The molecule has 2 atom stereocenters. The number of unbranched alkanes of at least 4 members (excludes halogenated alkanes) is 55. The summed E-state index contributed by atoms with van der Waals surface area (Å²) in [4.78, 5) is 24.6. The third-order valence-electron chi connectivity index (χ3n) is 17.9. The number of carbonyl (C=O) groups excluding carboxylic acids is 2. The summed E-state index contributed by atoms with van der Waals surface area (Å²) in [5.41, 5.74) is 0. The van der Waals surface area contributed by atoms with E-state index in [1.54, 1.807) is 0 Å². The maximum absolute atomic E-state index is 12.5. The van der Waals surface area contributed by atoms with Gasteiger partial charge in [-0.1, -0.05) is 365 Å². The zero-order valence-electron chi connectivity index (χ0n) is 56.9. The van der Waals surface area contributed by atoms with E-state index < -0.39 is 12.1 Å². The molecule has 2 unspecified atom stereocenters. The molecule has 0 rings (SSSR count). The lowest BCUT2D eigenvalue weighted by Gasteiger charge is -2.22. The molecule has 0 bridgehead atoms. The van der Waals surface area contributed by atoms with Gasteiger partial charge in [-0.2, -0.15) is 0 Å². The van der Waals surface area contributed by atoms with Crippen LogP contribution in [0.15, 0.2) is 36.5 Å². The molecule has 0 fully saturated rings. The fourth-order valence-electron chi connectivity index (χ4n) is 12.1. The van der Waals surface area contributed by atoms with Crippen molar-refractivity contribution in [2.45, 2.75) is 437 Å². The van der Waals surface area contributed by atoms with Crippen molar-refractivity contribution < 1.29 is 24.5 Å². The van der Waals surface area contributed by atoms with E-state index in [4.69, 9.17) is 4.74 Å². The maximum Gasteiger partial charge on any atom is 0.305 e. The molecule has 1 amide bonds. The lowest BCUT2D eigenvalue weighted by Crippen LogP contribution is -2.45. The molecule has 0 heterocycles. The number of carbonyl (C=O) groups is 2. The van der Waals surface area contributed by atoms with Gasteiger partial charge in [-0.3, -0.25) is 9.59 Å². The number of hydrogen-bond acceptors (Lipinski definition) is 5. The van der Waals surface area contributed by atoms with Crippen LogP contribution in [0.4, 0.5) is 0 Å². The minimum absolute atomic E-state index is 0.0140. The van der Waals surface area contributed by atoms with Gasteiger partial charge in [0.1, 0.15) is 0 Å². The molecular formula is C78H149NO5. The van der Waals surface area contributed by atoms with Crippen molar-refractivity contribution in [2.75, 3.05) is 13.2 Å². The van der Waals surface area contributed by atoms with E-state index in [-0.39, 0.29) is 18.5 Å². The van der Waals surface area contributed by atoms with Gasteiger partial charge in [0, 0.05) is 12.8 Å². The Labute approximate surface area is 525 Å². The second-order valence-corrected chi connectivity index (χ2v) is 26.3. The van der Waals surface area contributed by atoms with Crippen LogP contribution >= 0.6 is 0 Å². The third-order valence-corrected chi connectivity index (χ3v) is 17.9. The van der Waals surface area contributed by atoms with E-state index >= 15 is 0 Å². The van der Waals surface area contributed by atoms with Crippen molar-refractivity contribution in [1.29, 1.82) is 0 Å². The van der Waals surface area contributed by atoms with E-state index in [1.165, 1.54) is 340 Å². The molecular weight excluding hydrogens is 1030 g/mol. The zero-order valence-corrected chi connectivity index (χ0v) is 56.9. The molecule has 0 aliphatic rings. The molecule has 0 spiro atoms. The lowest BCUT2D eigenvalue weighted by molar-refractivity contribution is -0.143. The zero-order chi connectivity index (χ0) is 60.6. The second-order valence-electron chi connectivity index (χ2n) is 26.3. The molecule has 3 N–H and O–H groups in total. The molecule has 0 aliphatic carbocycles. The van der Waals surface area contributed by atoms with Crippen molar-refractivity contribution in [2.24, 2.45) is 0 Å². The number of esters is 1. The molecule has 0 aromatic carbocycles. The number of allylic oxidation sites excluding steroid dienone is 6. The Bertz CT molecular complexity index is 1360. The van der Waals surface area contributed by atoms with Crippen LogP contribution in [0.3, 0.4) is 0 Å². The summed E-state index contributed by atoms with van der Waals surface area (Å²) in [6.45, 7) is 4.98. The van der Waals surface area contributed by atoms with Crippen LogP contribution in [-0.2, 0) is 14.3 Å². The monoisotopic (exact) mass is 1180 g/mol. The van der Waals surface area contributed by atoms with Gasteiger partial charge < -0.3 is 20.3 Å². The van der Waals surface area contributed by atoms with E-state index in [0.717, 1.165) is 51.4 Å². The van der Waals surface area contributed by atoms with Crippen molar-refractivity contribution in [3.05, 3.63) is 36.5 Å². The van der Waals surface area contributed by atoms with Gasteiger partial charge in [-0.25, -0.2) is 0 Å². The highest BCUT2D eigenvalue weighted by molar-refractivity contribution is 5.76. The Hall–Kier alpha value is -1.92. The first-order valence-corrected chi connectivity index (χ1v) is 38.2. The Morgan fingerprint density at radius 1 is 0.333 bits per heavy atom. The standard InChI is InChI=1S/C78H149NO5/c1-3-5-7-9-11-13-15-17-19-39-44-48-52-56-60-64-68-72-78(83)84-73-69-65-61-57-53-49-45-41-38-36-34-32-30-28-26-24-22-20-21-23-25-27-29-31-33-35-37-40-43-47-51-55-59-63-67-71-77(82)79-75(74-80)76(81)70-66-62-58-54-50-46-42-18-16-14-12-10-8-6-4-2/h17,19,22,24,28,30,75-76,80-81H,3-16,18,20-21,23,25-27,29,31-74H2,1-2H3,(H,79,82)/b19-17-,24-22-,30-28-. The topological polar surface area (TPSA) is 95.9 Å². The normalized spacial score (nSPS) is 12.7. The highest BCUT2D eigenvalue weighted by atomic mass is 16.5. The first kappa shape index (κ1) is 82.1. The fraction of sp³-hybridized carbons (Fsp3) is 0.897. The first-order chi connectivity index (χ1) is 41.5. The molecule has 0 radical (unpaired) electrons. The maximum atomic E-state index is 12.5. The van der Waals surface area contributed by atoms with Crippen molar-refractivity contribution in [3.63, 3.8) is 0 Å². The van der Waals surface area contributed by atoms with Crippen LogP contribution in [0, 0.1) is 0 Å². The van der Waals surface area contributed by atoms with Gasteiger partial charge in [0.25, 0.3) is 0 Å². The molecule has 6 nitrogen and oxygen atoms in total. The molecule has 0 aromatic heterocycles. The van der Waals surface area contributed by atoms with Crippen LogP contribution in [-0.4, -0.2) is 47.4 Å². The van der Waals surface area contributed by atoms with Gasteiger partial charge in [-0.15, -0.1) is 0 Å².